The Morgan fingerprint density at radius 3 is 2.27 bits per heavy atom. The van der Waals surface area contributed by atoms with Gasteiger partial charge in [0.2, 0.25) is 10.0 Å². The van der Waals surface area contributed by atoms with Crippen molar-refractivity contribution in [3.63, 3.8) is 0 Å². The fraction of sp³-hybridized carbons (Fsp3) is 0.474. The Kier molecular flexibility index (Phi) is 8.80. The number of para-hydroxylation sites is 2. The molecule has 2 unspecified atom stereocenters. The van der Waals surface area contributed by atoms with Crippen LogP contribution in [0.15, 0.2) is 71.6 Å². The summed E-state index contributed by atoms with van der Waals surface area (Å²) in [5, 5.41) is 0.0568. The molecule has 3 saturated heterocycles. The molecule has 3 aromatic carbocycles. The number of rotatable bonds is 9. The van der Waals surface area contributed by atoms with Crippen molar-refractivity contribution in [2.24, 2.45) is 0 Å². The topological polar surface area (TPSA) is 87.5 Å². The van der Waals surface area contributed by atoms with E-state index in [-0.39, 0.29) is 37.9 Å². The van der Waals surface area contributed by atoms with Crippen molar-refractivity contribution in [3.8, 4) is 0 Å². The van der Waals surface area contributed by atoms with Gasteiger partial charge in [-0.05, 0) is 106 Å². The van der Waals surface area contributed by atoms with Gasteiger partial charge in [-0.2, -0.15) is 0 Å². The third kappa shape index (κ3) is 6.20. The van der Waals surface area contributed by atoms with Crippen LogP contribution in [0.25, 0.3) is 11.0 Å². The average Bonchev–Trinajstić information content (AvgIpc) is 3.78. The molecule has 3 aliphatic heterocycles. The quantitative estimate of drug-likeness (QED) is 0.193. The van der Waals surface area contributed by atoms with Gasteiger partial charge in [-0.1, -0.05) is 65.7 Å². The first-order chi connectivity index (χ1) is 23.6. The highest BCUT2D eigenvalue weighted by atomic mass is 35.5. The standard InChI is InChI=1S/C38H43Cl2N5O3S/c1-25-41-32-9-5-6-10-33(32)45(25)30-23-28-13-14-29(24-30)44(28)22-19-38(26-7-3-2-4-8-26)17-20-43(21-18-38)37(46)35-31(39)15-16-34(36(35)40)49(47,48)42-27-11-12-27/h2-10,15-16,27-30,42H,11-14,17-24H2,1H3. The van der Waals surface area contributed by atoms with Gasteiger partial charge < -0.3 is 9.47 Å². The molecule has 1 saturated carbocycles. The van der Waals surface area contributed by atoms with Crippen LogP contribution in [-0.4, -0.2) is 71.4 Å². The molecule has 1 N–H and O–H groups in total. The highest BCUT2D eigenvalue weighted by molar-refractivity contribution is 7.89. The normalized spacial score (nSPS) is 24.1. The Morgan fingerprint density at radius 2 is 1.57 bits per heavy atom. The third-order valence-corrected chi connectivity index (χ3v) is 14.1. The predicted octanol–water partition coefficient (Wildman–Crippen LogP) is 7.52. The van der Waals surface area contributed by atoms with Crippen LogP contribution >= 0.6 is 23.2 Å². The summed E-state index contributed by atoms with van der Waals surface area (Å²) in [5.74, 6) is 0.789. The number of carbonyl (C=O) groups excluding carboxylic acids is 1. The van der Waals surface area contributed by atoms with E-state index in [0.29, 0.717) is 31.2 Å². The van der Waals surface area contributed by atoms with E-state index in [2.05, 4.69) is 75.7 Å². The lowest BCUT2D eigenvalue weighted by atomic mass is 9.70. The Bertz CT molecular complexity index is 1970. The van der Waals surface area contributed by atoms with Crippen molar-refractivity contribution >= 4 is 50.2 Å². The number of aryl methyl sites for hydroxylation is 1. The number of amides is 1. The van der Waals surface area contributed by atoms with Crippen LogP contribution in [0.1, 0.15) is 85.6 Å². The summed E-state index contributed by atoms with van der Waals surface area (Å²) >= 11 is 13.2. The molecule has 8 rings (SSSR count). The van der Waals surface area contributed by atoms with E-state index in [9.17, 15) is 13.2 Å². The van der Waals surface area contributed by atoms with Gasteiger partial charge in [0.15, 0.2) is 0 Å². The Morgan fingerprint density at radius 1 is 0.898 bits per heavy atom. The number of nitrogens with one attached hydrogen (secondary N) is 1. The van der Waals surface area contributed by atoms with Crippen LogP contribution in [0.2, 0.25) is 10.0 Å². The number of imidazole rings is 1. The van der Waals surface area contributed by atoms with Gasteiger partial charge in [0, 0.05) is 37.3 Å². The molecule has 2 atom stereocenters. The van der Waals surface area contributed by atoms with Crippen LogP contribution in [0, 0.1) is 6.92 Å². The minimum absolute atomic E-state index is 0.0644. The van der Waals surface area contributed by atoms with Crippen molar-refractivity contribution < 1.29 is 13.2 Å². The molecule has 4 fully saturated rings. The van der Waals surface area contributed by atoms with Crippen molar-refractivity contribution in [1.29, 1.82) is 0 Å². The van der Waals surface area contributed by atoms with Crippen LogP contribution in [0.5, 0.6) is 0 Å². The zero-order chi connectivity index (χ0) is 33.9. The van der Waals surface area contributed by atoms with Crippen molar-refractivity contribution in [2.75, 3.05) is 19.6 Å². The van der Waals surface area contributed by atoms with Gasteiger partial charge in [-0.25, -0.2) is 18.1 Å². The molecule has 0 radical (unpaired) electrons. The monoisotopic (exact) mass is 719 g/mol. The Hall–Kier alpha value is -2.95. The van der Waals surface area contributed by atoms with E-state index in [1.807, 2.05) is 0 Å². The molecule has 49 heavy (non-hydrogen) atoms. The van der Waals surface area contributed by atoms with Gasteiger partial charge in [0.1, 0.15) is 10.7 Å². The molecular formula is C38H43Cl2N5O3S. The molecule has 4 aromatic rings. The van der Waals surface area contributed by atoms with Gasteiger partial charge in [0.05, 0.1) is 26.6 Å². The summed E-state index contributed by atoms with van der Waals surface area (Å²) in [6, 6.07) is 23.6. The van der Waals surface area contributed by atoms with E-state index in [4.69, 9.17) is 28.2 Å². The second-order valence-electron chi connectivity index (χ2n) is 14.6. The lowest BCUT2D eigenvalue weighted by molar-refractivity contribution is 0.0607. The number of likely N-dealkylation sites (tertiary alicyclic amines) is 1. The van der Waals surface area contributed by atoms with E-state index >= 15 is 0 Å². The molecule has 4 aliphatic rings. The van der Waals surface area contributed by atoms with Crippen molar-refractivity contribution in [2.45, 2.75) is 99.2 Å². The molecule has 2 bridgehead atoms. The molecule has 258 valence electrons. The molecule has 1 aromatic heterocycles. The van der Waals surface area contributed by atoms with Crippen LogP contribution in [0.4, 0.5) is 0 Å². The summed E-state index contributed by atoms with van der Waals surface area (Å²) in [6.45, 7) is 4.25. The van der Waals surface area contributed by atoms with E-state index in [1.54, 1.807) is 4.90 Å². The van der Waals surface area contributed by atoms with Crippen molar-refractivity contribution in [1.82, 2.24) is 24.1 Å². The smallest absolute Gasteiger partial charge is 0.256 e. The summed E-state index contributed by atoms with van der Waals surface area (Å²) < 4.78 is 31.2. The first-order valence-electron chi connectivity index (χ1n) is 17.7. The molecule has 0 spiro atoms. The number of piperidine rings is 2. The third-order valence-electron chi connectivity index (χ3n) is 11.7. The predicted molar refractivity (Wildman–Crippen MR) is 194 cm³/mol. The first kappa shape index (κ1) is 33.2. The number of fused-ring (bicyclic) bond motifs is 3. The fourth-order valence-corrected chi connectivity index (χ4v) is 11.2. The number of halogens is 2. The molecule has 11 heteroatoms. The SMILES string of the molecule is Cc1nc2ccccc2n1C1CC2CCC(C1)N2CCC1(c2ccccc2)CCN(C(=O)c2c(Cl)ccc(S(=O)(=O)NC3CC3)c2Cl)CC1. The summed E-state index contributed by atoms with van der Waals surface area (Å²) in [6.07, 6.45) is 9.00. The number of carbonyl (C=O) groups is 1. The van der Waals surface area contributed by atoms with Gasteiger partial charge >= 0.3 is 0 Å². The lowest BCUT2D eigenvalue weighted by Gasteiger charge is -2.45. The Labute approximate surface area is 298 Å². The minimum Gasteiger partial charge on any atom is -0.338 e. The zero-order valence-corrected chi connectivity index (χ0v) is 30.2. The van der Waals surface area contributed by atoms with Crippen LogP contribution in [0.3, 0.4) is 0 Å². The average molecular weight is 721 g/mol. The Balaban J connectivity index is 0.984. The number of sulfonamides is 1. The van der Waals surface area contributed by atoms with E-state index in [1.165, 1.54) is 36.1 Å². The summed E-state index contributed by atoms with van der Waals surface area (Å²) in [7, 11) is -3.86. The minimum atomic E-state index is -3.86. The number of hydrogen-bond acceptors (Lipinski definition) is 5. The maximum atomic E-state index is 14.0. The number of hydrogen-bond donors (Lipinski definition) is 1. The molecule has 4 heterocycles. The molecule has 8 nitrogen and oxygen atoms in total. The number of aromatic nitrogens is 2. The maximum Gasteiger partial charge on any atom is 0.256 e. The molecule has 1 amide bonds. The maximum absolute atomic E-state index is 14.0. The van der Waals surface area contributed by atoms with E-state index < -0.39 is 10.0 Å². The summed E-state index contributed by atoms with van der Waals surface area (Å²) in [5.41, 5.74) is 3.64. The van der Waals surface area contributed by atoms with Crippen LogP contribution < -0.4 is 4.72 Å². The van der Waals surface area contributed by atoms with Crippen LogP contribution in [-0.2, 0) is 15.4 Å². The van der Waals surface area contributed by atoms with Gasteiger partial charge in [0.25, 0.3) is 5.91 Å². The second-order valence-corrected chi connectivity index (χ2v) is 17.1. The summed E-state index contributed by atoms with van der Waals surface area (Å²) in [4.78, 5) is 23.3. The van der Waals surface area contributed by atoms with E-state index in [0.717, 1.165) is 62.8 Å². The highest BCUT2D eigenvalue weighted by Gasteiger charge is 2.44. The largest absolute Gasteiger partial charge is 0.338 e. The number of benzene rings is 3. The number of nitrogens with zero attached hydrogens (tertiary/aromatic N) is 4. The van der Waals surface area contributed by atoms with Crippen molar-refractivity contribution in [3.05, 3.63) is 93.7 Å². The van der Waals surface area contributed by atoms with Gasteiger partial charge in [-0.15, -0.1) is 0 Å². The van der Waals surface area contributed by atoms with Gasteiger partial charge in [-0.3, -0.25) is 9.69 Å². The lowest BCUT2D eigenvalue weighted by Crippen LogP contribution is -2.49. The molecular weight excluding hydrogens is 677 g/mol. The second kappa shape index (κ2) is 13.0. The zero-order valence-electron chi connectivity index (χ0n) is 27.8. The highest BCUT2D eigenvalue weighted by Crippen LogP contribution is 2.45. The molecule has 1 aliphatic carbocycles. The first-order valence-corrected chi connectivity index (χ1v) is 19.9. The fourth-order valence-electron chi connectivity index (χ4n) is 8.98.